The number of anilines is 1. The fraction of sp³-hybridized carbons (Fsp3) is 0.167. The number of nitrogens with one attached hydrogen (secondary N) is 1. The van der Waals surface area contributed by atoms with Gasteiger partial charge in [-0.1, -0.05) is 18.2 Å². The summed E-state index contributed by atoms with van der Waals surface area (Å²) < 4.78 is 12.6. The van der Waals surface area contributed by atoms with Crippen LogP contribution in [0.4, 0.5) is 5.69 Å². The van der Waals surface area contributed by atoms with Gasteiger partial charge in [0.1, 0.15) is 18.0 Å². The van der Waals surface area contributed by atoms with Gasteiger partial charge in [0, 0.05) is 23.3 Å². The van der Waals surface area contributed by atoms with Crippen LogP contribution in [0.5, 0.6) is 11.5 Å². The highest BCUT2D eigenvalue weighted by Gasteiger charge is 2.14. The number of carbonyl (C=O) groups excluding carboxylic acids is 1. The van der Waals surface area contributed by atoms with Crippen molar-refractivity contribution in [1.29, 1.82) is 0 Å². The maximum absolute atomic E-state index is 12.8. The number of aryl methyl sites for hydroxylation is 1. The predicted octanol–water partition coefficient (Wildman–Crippen LogP) is 4.67. The summed E-state index contributed by atoms with van der Waals surface area (Å²) in [5, 5.41) is 3.97. The van der Waals surface area contributed by atoms with Crippen LogP contribution in [0.15, 0.2) is 67.0 Å². The van der Waals surface area contributed by atoms with Crippen LogP contribution in [-0.4, -0.2) is 29.7 Å². The maximum Gasteiger partial charge on any atom is 0.244 e. The lowest BCUT2D eigenvalue weighted by Gasteiger charge is -2.13. The van der Waals surface area contributed by atoms with Crippen LogP contribution in [0.25, 0.3) is 22.2 Å². The zero-order valence-electron chi connectivity index (χ0n) is 17.2. The highest BCUT2D eigenvalue weighted by Crippen LogP contribution is 2.30. The largest absolute Gasteiger partial charge is 0.497 e. The van der Waals surface area contributed by atoms with E-state index in [1.54, 1.807) is 20.4 Å². The SMILES string of the molecule is COc1cccc(-c2nccc3ccn(CC(=O)Nc4cc(C)ccc4OC)c23)c1. The molecule has 0 saturated heterocycles. The smallest absolute Gasteiger partial charge is 0.244 e. The summed E-state index contributed by atoms with van der Waals surface area (Å²) in [6.07, 6.45) is 3.68. The van der Waals surface area contributed by atoms with Crippen LogP contribution in [0.2, 0.25) is 0 Å². The summed E-state index contributed by atoms with van der Waals surface area (Å²) >= 11 is 0. The number of carbonyl (C=O) groups is 1. The summed E-state index contributed by atoms with van der Waals surface area (Å²) in [5.41, 5.74) is 4.34. The second-order valence-corrected chi connectivity index (χ2v) is 7.02. The number of rotatable bonds is 6. The molecule has 0 spiro atoms. The lowest BCUT2D eigenvalue weighted by molar-refractivity contribution is -0.116. The molecule has 0 atom stereocenters. The van der Waals surface area contributed by atoms with Gasteiger partial charge in [-0.25, -0.2) is 0 Å². The van der Waals surface area contributed by atoms with Crippen molar-refractivity contribution in [2.24, 2.45) is 0 Å². The lowest BCUT2D eigenvalue weighted by atomic mass is 10.1. The Morgan fingerprint density at radius 2 is 1.93 bits per heavy atom. The quantitative estimate of drug-likeness (QED) is 0.510. The molecule has 0 unspecified atom stereocenters. The Hall–Kier alpha value is -3.80. The average molecular weight is 401 g/mol. The van der Waals surface area contributed by atoms with E-state index in [9.17, 15) is 4.79 Å². The number of amides is 1. The van der Waals surface area contributed by atoms with Crippen LogP contribution in [0.1, 0.15) is 5.56 Å². The van der Waals surface area contributed by atoms with E-state index in [1.165, 1.54) is 0 Å². The number of hydrogen-bond donors (Lipinski definition) is 1. The summed E-state index contributed by atoms with van der Waals surface area (Å²) in [5.74, 6) is 1.25. The number of benzene rings is 2. The molecule has 0 fully saturated rings. The van der Waals surface area contributed by atoms with E-state index in [-0.39, 0.29) is 12.5 Å². The van der Waals surface area contributed by atoms with Crippen LogP contribution in [-0.2, 0) is 11.3 Å². The molecule has 1 amide bonds. The zero-order valence-corrected chi connectivity index (χ0v) is 17.2. The molecule has 6 heteroatoms. The maximum atomic E-state index is 12.8. The minimum atomic E-state index is -0.142. The Morgan fingerprint density at radius 1 is 1.07 bits per heavy atom. The molecule has 2 aromatic carbocycles. The van der Waals surface area contributed by atoms with Crippen molar-refractivity contribution < 1.29 is 14.3 Å². The Balaban J connectivity index is 1.67. The van der Waals surface area contributed by atoms with Crippen molar-refractivity contribution in [3.8, 4) is 22.8 Å². The molecular formula is C24H23N3O3. The molecule has 0 aliphatic carbocycles. The van der Waals surface area contributed by atoms with Gasteiger partial charge in [-0.15, -0.1) is 0 Å². The van der Waals surface area contributed by atoms with E-state index in [4.69, 9.17) is 9.47 Å². The number of hydrogen-bond acceptors (Lipinski definition) is 4. The highest BCUT2D eigenvalue weighted by molar-refractivity contribution is 5.96. The Bertz CT molecular complexity index is 1210. The van der Waals surface area contributed by atoms with Gasteiger partial charge in [-0.2, -0.15) is 0 Å². The number of nitrogens with zero attached hydrogens (tertiary/aromatic N) is 2. The number of methoxy groups -OCH3 is 2. The Kier molecular flexibility index (Phi) is 5.39. The molecule has 152 valence electrons. The van der Waals surface area contributed by atoms with Crippen molar-refractivity contribution in [3.05, 3.63) is 72.6 Å². The van der Waals surface area contributed by atoms with Crippen molar-refractivity contribution in [3.63, 3.8) is 0 Å². The fourth-order valence-electron chi connectivity index (χ4n) is 3.53. The van der Waals surface area contributed by atoms with Crippen molar-refractivity contribution in [2.75, 3.05) is 19.5 Å². The van der Waals surface area contributed by atoms with Gasteiger partial charge in [0.05, 0.1) is 31.1 Å². The molecule has 2 aromatic heterocycles. The molecule has 0 aliphatic heterocycles. The van der Waals surface area contributed by atoms with Crippen LogP contribution < -0.4 is 14.8 Å². The van der Waals surface area contributed by atoms with E-state index >= 15 is 0 Å². The monoisotopic (exact) mass is 401 g/mol. The molecule has 30 heavy (non-hydrogen) atoms. The predicted molar refractivity (Wildman–Crippen MR) is 118 cm³/mol. The molecule has 2 heterocycles. The molecule has 0 bridgehead atoms. The van der Waals surface area contributed by atoms with Gasteiger partial charge in [-0.05, 0) is 48.9 Å². The van der Waals surface area contributed by atoms with Gasteiger partial charge in [0.2, 0.25) is 5.91 Å². The first-order valence-corrected chi connectivity index (χ1v) is 9.62. The molecule has 4 rings (SSSR count). The molecule has 0 saturated carbocycles. The normalized spacial score (nSPS) is 10.8. The molecule has 0 aliphatic rings. The van der Waals surface area contributed by atoms with Gasteiger partial charge >= 0.3 is 0 Å². The zero-order chi connectivity index (χ0) is 21.1. The summed E-state index contributed by atoms with van der Waals surface area (Å²) in [4.78, 5) is 17.4. The second-order valence-electron chi connectivity index (χ2n) is 7.02. The third-order valence-electron chi connectivity index (χ3n) is 4.96. The van der Waals surface area contributed by atoms with Gasteiger partial charge in [0.15, 0.2) is 0 Å². The van der Waals surface area contributed by atoms with Gasteiger partial charge < -0.3 is 19.4 Å². The first kappa shape index (κ1) is 19.5. The number of aromatic nitrogens is 2. The third kappa shape index (κ3) is 3.85. The standard InChI is InChI=1S/C24H23N3O3/c1-16-7-8-21(30-3)20(13-16)26-22(28)15-27-12-10-17-9-11-25-23(24(17)27)18-5-4-6-19(14-18)29-2/h4-14H,15H2,1-3H3,(H,26,28). The number of fused-ring (bicyclic) bond motifs is 1. The van der Waals surface area contributed by atoms with E-state index in [1.807, 2.05) is 72.3 Å². The first-order chi connectivity index (χ1) is 14.6. The van der Waals surface area contributed by atoms with E-state index in [0.29, 0.717) is 11.4 Å². The number of pyridine rings is 1. The summed E-state index contributed by atoms with van der Waals surface area (Å²) in [6, 6.07) is 17.4. The molecule has 1 N–H and O–H groups in total. The minimum absolute atomic E-state index is 0.142. The molecule has 6 nitrogen and oxygen atoms in total. The Morgan fingerprint density at radius 3 is 2.73 bits per heavy atom. The van der Waals surface area contributed by atoms with Crippen LogP contribution in [0.3, 0.4) is 0 Å². The minimum Gasteiger partial charge on any atom is -0.497 e. The fourth-order valence-corrected chi connectivity index (χ4v) is 3.53. The van der Waals surface area contributed by atoms with Gasteiger partial charge in [-0.3, -0.25) is 9.78 Å². The lowest BCUT2D eigenvalue weighted by Crippen LogP contribution is -2.19. The Labute approximate surface area is 175 Å². The first-order valence-electron chi connectivity index (χ1n) is 9.62. The van der Waals surface area contributed by atoms with Crippen LogP contribution >= 0.6 is 0 Å². The van der Waals surface area contributed by atoms with Crippen molar-refractivity contribution in [2.45, 2.75) is 13.5 Å². The van der Waals surface area contributed by atoms with E-state index in [0.717, 1.165) is 33.5 Å². The van der Waals surface area contributed by atoms with E-state index < -0.39 is 0 Å². The number of ether oxygens (including phenoxy) is 2. The van der Waals surface area contributed by atoms with Crippen molar-refractivity contribution in [1.82, 2.24) is 9.55 Å². The summed E-state index contributed by atoms with van der Waals surface area (Å²) in [6.45, 7) is 2.13. The third-order valence-corrected chi connectivity index (χ3v) is 4.96. The second kappa shape index (κ2) is 8.29. The molecule has 0 radical (unpaired) electrons. The van der Waals surface area contributed by atoms with E-state index in [2.05, 4.69) is 10.3 Å². The molecule has 4 aromatic rings. The average Bonchev–Trinajstić information content (AvgIpc) is 3.16. The van der Waals surface area contributed by atoms with Crippen LogP contribution in [0, 0.1) is 6.92 Å². The molecular weight excluding hydrogens is 378 g/mol. The summed E-state index contributed by atoms with van der Waals surface area (Å²) in [7, 11) is 3.23. The highest BCUT2D eigenvalue weighted by atomic mass is 16.5. The van der Waals surface area contributed by atoms with Gasteiger partial charge in [0.25, 0.3) is 0 Å². The topological polar surface area (TPSA) is 65.4 Å². The van der Waals surface area contributed by atoms with Crippen molar-refractivity contribution >= 4 is 22.5 Å².